The summed E-state index contributed by atoms with van der Waals surface area (Å²) in [7, 11) is 1.13. The van der Waals surface area contributed by atoms with Crippen molar-refractivity contribution in [1.82, 2.24) is 9.21 Å². The fourth-order valence-corrected chi connectivity index (χ4v) is 4.10. The van der Waals surface area contributed by atoms with Gasteiger partial charge in [-0.2, -0.15) is 0 Å². The monoisotopic (exact) mass is 414 g/mol. The third-order valence-electron chi connectivity index (χ3n) is 4.19. The molecule has 1 unspecified atom stereocenters. The van der Waals surface area contributed by atoms with Crippen LogP contribution in [0.5, 0.6) is 17.2 Å². The smallest absolute Gasteiger partial charge is 0.258 e. The zero-order chi connectivity index (χ0) is 20.0. The Kier molecular flexibility index (Phi) is 5.02. The van der Waals surface area contributed by atoms with Gasteiger partial charge in [-0.15, -0.1) is 0 Å². The second-order valence-corrected chi connectivity index (χ2v) is 8.24. The first-order valence-corrected chi connectivity index (χ1v) is 9.24. The lowest BCUT2D eigenvalue weighted by Crippen LogP contribution is -2.23. The summed E-state index contributed by atoms with van der Waals surface area (Å²) in [6.07, 6.45) is 0. The Hall–Kier alpha value is -2.36. The average molecular weight is 415 g/mol. The van der Waals surface area contributed by atoms with Gasteiger partial charge in [0.15, 0.2) is 11.5 Å². The maximum atomic E-state index is 13.3. The summed E-state index contributed by atoms with van der Waals surface area (Å²) in [5.41, 5.74) is 0.488. The quantitative estimate of drug-likeness (QED) is 0.666. The normalized spacial score (nSPS) is 14.7. The number of hydrogen-bond donors (Lipinski definition) is 3. The Morgan fingerprint density at radius 2 is 1.89 bits per heavy atom. The number of benzene rings is 2. The highest BCUT2D eigenvalue weighted by molar-refractivity contribution is 7.82. The van der Waals surface area contributed by atoms with Crippen molar-refractivity contribution < 1.29 is 28.7 Å². The van der Waals surface area contributed by atoms with Gasteiger partial charge in [-0.05, 0) is 31.8 Å². The Morgan fingerprint density at radius 3 is 2.48 bits per heavy atom. The van der Waals surface area contributed by atoms with Crippen molar-refractivity contribution in [2.24, 2.45) is 0 Å². The van der Waals surface area contributed by atoms with E-state index in [1.54, 1.807) is 0 Å². The number of nitrogens with zero attached hydrogens (tertiary/aromatic N) is 2. The number of aromatic hydroxyl groups is 3. The second kappa shape index (κ2) is 6.99. The van der Waals surface area contributed by atoms with Gasteiger partial charge < -0.3 is 20.2 Å². The van der Waals surface area contributed by atoms with Gasteiger partial charge in [-0.3, -0.25) is 4.79 Å². The van der Waals surface area contributed by atoms with E-state index >= 15 is 0 Å². The summed E-state index contributed by atoms with van der Waals surface area (Å²) in [5.74, 6) is -3.62. The number of halogens is 2. The third kappa shape index (κ3) is 3.22. The Balaban J connectivity index is 2.05. The fourth-order valence-electron chi connectivity index (χ4n) is 2.90. The van der Waals surface area contributed by atoms with E-state index in [9.17, 15) is 28.7 Å². The summed E-state index contributed by atoms with van der Waals surface area (Å²) in [5, 5.41) is 30.2. The lowest BCUT2D eigenvalue weighted by molar-refractivity contribution is 0.0764. The van der Waals surface area contributed by atoms with E-state index in [4.69, 9.17) is 11.6 Å². The van der Waals surface area contributed by atoms with Gasteiger partial charge in [-0.1, -0.05) is 17.7 Å². The second-order valence-electron chi connectivity index (χ2n) is 6.20. The number of carbonyl (C=O) groups is 1. The molecule has 1 aliphatic heterocycles. The molecule has 0 spiro atoms. The van der Waals surface area contributed by atoms with Crippen molar-refractivity contribution in [2.45, 2.75) is 18.0 Å². The Labute approximate surface area is 161 Å². The van der Waals surface area contributed by atoms with Crippen LogP contribution in [0.4, 0.5) is 4.39 Å². The minimum atomic E-state index is -1.87. The number of amides is 1. The van der Waals surface area contributed by atoms with Crippen LogP contribution in [0.25, 0.3) is 0 Å². The minimum absolute atomic E-state index is 0.0442. The van der Waals surface area contributed by atoms with Crippen LogP contribution in [0.3, 0.4) is 0 Å². The Bertz CT molecular complexity index is 983. The molecule has 1 aliphatic rings. The summed E-state index contributed by atoms with van der Waals surface area (Å²) < 4.78 is 27.2. The van der Waals surface area contributed by atoms with E-state index < -0.39 is 40.0 Å². The van der Waals surface area contributed by atoms with Gasteiger partial charge in [-0.25, -0.2) is 12.9 Å². The first-order valence-electron chi connectivity index (χ1n) is 7.75. The van der Waals surface area contributed by atoms with Crippen molar-refractivity contribution >= 4 is 28.5 Å². The van der Waals surface area contributed by atoms with E-state index in [1.165, 1.54) is 41.5 Å². The molecule has 144 valence electrons. The topological polar surface area (TPSA) is 101 Å². The van der Waals surface area contributed by atoms with E-state index in [0.717, 1.165) is 0 Å². The van der Waals surface area contributed by atoms with Gasteiger partial charge in [0.1, 0.15) is 21.7 Å². The molecular weight excluding hydrogens is 399 g/mol. The lowest BCUT2D eigenvalue weighted by Gasteiger charge is -2.17. The van der Waals surface area contributed by atoms with Crippen molar-refractivity contribution in [3.8, 4) is 17.2 Å². The van der Waals surface area contributed by atoms with Gasteiger partial charge in [0.2, 0.25) is 5.75 Å². The number of rotatable bonds is 4. The van der Waals surface area contributed by atoms with E-state index in [-0.39, 0.29) is 34.1 Å². The highest BCUT2D eigenvalue weighted by Crippen LogP contribution is 2.48. The number of phenolic OH excluding ortho intramolecular Hbond substituents is 3. The van der Waals surface area contributed by atoms with Gasteiger partial charge in [0.25, 0.3) is 5.91 Å². The molecule has 0 bridgehead atoms. The maximum absolute atomic E-state index is 13.3. The van der Waals surface area contributed by atoms with E-state index in [0.29, 0.717) is 5.56 Å². The maximum Gasteiger partial charge on any atom is 0.258 e. The predicted octanol–water partition coefficient (Wildman–Crippen LogP) is 2.34. The molecule has 27 heavy (non-hydrogen) atoms. The molecule has 1 amide bonds. The van der Waals surface area contributed by atoms with Crippen molar-refractivity contribution in [1.29, 1.82) is 0 Å². The number of hydrogen-bond acceptors (Lipinski definition) is 5. The van der Waals surface area contributed by atoms with E-state index in [2.05, 4.69) is 0 Å². The Morgan fingerprint density at radius 1 is 1.22 bits per heavy atom. The first kappa shape index (κ1) is 19.4. The highest BCUT2D eigenvalue weighted by atomic mass is 35.5. The number of phenols is 3. The largest absolute Gasteiger partial charge is 0.504 e. The van der Waals surface area contributed by atoms with Crippen LogP contribution in [0, 0.1) is 5.82 Å². The molecule has 7 nitrogen and oxygen atoms in total. The fraction of sp³-hybridized carbons (Fsp3) is 0.235. The number of fused-ring (bicyclic) bond motifs is 1. The molecule has 10 heteroatoms. The van der Waals surface area contributed by atoms with Crippen LogP contribution < -0.4 is 0 Å². The van der Waals surface area contributed by atoms with Crippen LogP contribution in [0.2, 0.25) is 5.02 Å². The zero-order valence-electron chi connectivity index (χ0n) is 14.4. The molecule has 0 saturated carbocycles. The molecule has 0 saturated heterocycles. The summed E-state index contributed by atoms with van der Waals surface area (Å²) in [6, 6.07) is 4.01. The van der Waals surface area contributed by atoms with Crippen LogP contribution in [-0.4, -0.2) is 48.7 Å². The molecule has 3 N–H and O–H groups in total. The van der Waals surface area contributed by atoms with Crippen molar-refractivity contribution in [2.75, 3.05) is 14.1 Å². The average Bonchev–Trinajstić information content (AvgIpc) is 2.92. The van der Waals surface area contributed by atoms with Gasteiger partial charge >= 0.3 is 0 Å². The van der Waals surface area contributed by atoms with Gasteiger partial charge in [0, 0.05) is 18.7 Å². The summed E-state index contributed by atoms with van der Waals surface area (Å²) in [6.45, 7) is -0.0119. The molecule has 2 aromatic rings. The molecular formula is C17H16ClFN2O5S. The van der Waals surface area contributed by atoms with Crippen molar-refractivity contribution in [3.63, 3.8) is 0 Å². The molecule has 0 aliphatic carbocycles. The van der Waals surface area contributed by atoms with Crippen molar-refractivity contribution in [3.05, 3.63) is 45.7 Å². The first-order chi connectivity index (χ1) is 12.6. The molecule has 1 heterocycles. The lowest BCUT2D eigenvalue weighted by atomic mass is 10.1. The SMILES string of the molecule is CN(C)S(=O)c1c(O)c(O)c(O)c2c1CN(Cc1ccc(F)c(Cl)c1)C2=O. The van der Waals surface area contributed by atoms with Crippen LogP contribution in [0.1, 0.15) is 21.5 Å². The molecule has 1 atom stereocenters. The summed E-state index contributed by atoms with van der Waals surface area (Å²) in [4.78, 5) is 13.9. The highest BCUT2D eigenvalue weighted by Gasteiger charge is 2.38. The zero-order valence-corrected chi connectivity index (χ0v) is 15.9. The standard InChI is InChI=1S/C17H16ClFN2O5S/c1-20(2)27(26)16-9-7-21(6-8-3-4-11(19)10(18)5-8)17(25)12(9)13(22)14(23)15(16)24/h3-5,22-24H,6-7H2,1-2H3. The van der Waals surface area contributed by atoms with Crippen LogP contribution in [0.15, 0.2) is 23.1 Å². The van der Waals surface area contributed by atoms with Crippen LogP contribution in [-0.2, 0) is 24.1 Å². The molecule has 0 aromatic heterocycles. The van der Waals surface area contributed by atoms with Crippen LogP contribution >= 0.6 is 11.6 Å². The minimum Gasteiger partial charge on any atom is -0.504 e. The molecule has 3 rings (SSSR count). The van der Waals surface area contributed by atoms with Gasteiger partial charge in [0.05, 0.1) is 10.6 Å². The molecule has 2 aromatic carbocycles. The summed E-state index contributed by atoms with van der Waals surface area (Å²) >= 11 is 5.76. The third-order valence-corrected chi connectivity index (χ3v) is 5.93. The molecule has 0 radical (unpaired) electrons. The predicted molar refractivity (Wildman–Crippen MR) is 96.5 cm³/mol. The molecule has 0 fully saturated rings. The van der Waals surface area contributed by atoms with E-state index in [1.807, 2.05) is 0 Å². The number of carbonyl (C=O) groups excluding carboxylic acids is 1.